The number of nitrogens with zero attached hydrogens (tertiary/aromatic N) is 5. The first-order chi connectivity index (χ1) is 11.6. The first-order valence-corrected chi connectivity index (χ1v) is 7.24. The number of aryl methyl sites for hydroxylation is 2. The highest BCUT2D eigenvalue weighted by Crippen LogP contribution is 2.13. The fraction of sp³-hybridized carbons (Fsp3) is 0.118. The van der Waals surface area contributed by atoms with Crippen molar-refractivity contribution in [1.29, 1.82) is 5.26 Å². The van der Waals surface area contributed by atoms with Crippen LogP contribution < -0.4 is 5.32 Å². The molecule has 0 saturated heterocycles. The summed E-state index contributed by atoms with van der Waals surface area (Å²) in [5, 5.41) is 15.9. The van der Waals surface area contributed by atoms with Crippen LogP contribution >= 0.6 is 0 Å². The van der Waals surface area contributed by atoms with Crippen LogP contribution in [-0.2, 0) is 0 Å². The van der Waals surface area contributed by atoms with E-state index < -0.39 is 0 Å². The Morgan fingerprint density at radius 3 is 2.54 bits per heavy atom. The maximum atomic E-state index is 12.3. The lowest BCUT2D eigenvalue weighted by atomic mass is 10.1. The lowest BCUT2D eigenvalue weighted by Gasteiger charge is -2.07. The largest absolute Gasteiger partial charge is 0.306 e. The number of hydrogen-bond acceptors (Lipinski definition) is 5. The monoisotopic (exact) mass is 318 g/mol. The minimum atomic E-state index is -0.308. The molecule has 0 saturated carbocycles. The molecule has 0 radical (unpaired) electrons. The van der Waals surface area contributed by atoms with Gasteiger partial charge in [0.15, 0.2) is 5.82 Å². The minimum absolute atomic E-state index is 0.308. The van der Waals surface area contributed by atoms with Crippen LogP contribution in [0.4, 0.5) is 5.82 Å². The molecule has 0 aliphatic carbocycles. The van der Waals surface area contributed by atoms with Gasteiger partial charge in [-0.15, -0.1) is 0 Å². The molecular weight excluding hydrogens is 304 g/mol. The third-order valence-corrected chi connectivity index (χ3v) is 3.40. The van der Waals surface area contributed by atoms with E-state index >= 15 is 0 Å². The molecule has 3 rings (SSSR count). The van der Waals surface area contributed by atoms with E-state index in [1.54, 1.807) is 35.0 Å². The number of anilines is 1. The van der Waals surface area contributed by atoms with Crippen LogP contribution in [0.15, 0.2) is 42.7 Å². The number of benzene rings is 1. The van der Waals surface area contributed by atoms with E-state index in [1.165, 1.54) is 6.33 Å². The van der Waals surface area contributed by atoms with Crippen molar-refractivity contribution < 1.29 is 4.79 Å². The second kappa shape index (κ2) is 6.30. The summed E-state index contributed by atoms with van der Waals surface area (Å²) in [6, 6.07) is 12.0. The maximum absolute atomic E-state index is 12.3. The van der Waals surface area contributed by atoms with Gasteiger partial charge in [0, 0.05) is 17.3 Å². The van der Waals surface area contributed by atoms with Crippen molar-refractivity contribution in [3.05, 3.63) is 65.2 Å². The number of rotatable bonds is 3. The number of nitriles is 1. The zero-order valence-electron chi connectivity index (χ0n) is 13.2. The summed E-state index contributed by atoms with van der Waals surface area (Å²) in [5.41, 5.74) is 2.77. The molecule has 2 heterocycles. The van der Waals surface area contributed by atoms with Crippen molar-refractivity contribution in [2.75, 3.05) is 5.32 Å². The normalized spacial score (nSPS) is 10.2. The van der Waals surface area contributed by atoms with E-state index in [9.17, 15) is 4.79 Å². The molecule has 1 amide bonds. The van der Waals surface area contributed by atoms with E-state index in [-0.39, 0.29) is 5.91 Å². The summed E-state index contributed by atoms with van der Waals surface area (Å²) < 4.78 is 1.69. The summed E-state index contributed by atoms with van der Waals surface area (Å²) in [5.74, 6) is 0.644. The van der Waals surface area contributed by atoms with E-state index in [0.717, 1.165) is 11.4 Å². The highest BCUT2D eigenvalue weighted by atomic mass is 16.1. The Morgan fingerprint density at radius 1 is 1.17 bits per heavy atom. The second-order valence-corrected chi connectivity index (χ2v) is 5.24. The highest BCUT2D eigenvalue weighted by molar-refractivity contribution is 6.03. The SMILES string of the molecule is Cc1cc(C)n(-c2cc(NC(=O)c3ccc(C#N)cc3)ncn2)n1. The number of carbonyl (C=O) groups excluding carboxylic acids is 1. The fourth-order valence-corrected chi connectivity index (χ4v) is 2.28. The van der Waals surface area contributed by atoms with Crippen molar-refractivity contribution in [2.45, 2.75) is 13.8 Å². The Morgan fingerprint density at radius 2 is 1.92 bits per heavy atom. The molecular formula is C17H14N6O. The van der Waals surface area contributed by atoms with Crippen LogP contribution in [0, 0.1) is 25.2 Å². The number of nitrogens with one attached hydrogen (secondary N) is 1. The summed E-state index contributed by atoms with van der Waals surface area (Å²) in [4.78, 5) is 20.5. The predicted molar refractivity (Wildman–Crippen MR) is 87.7 cm³/mol. The summed E-state index contributed by atoms with van der Waals surface area (Å²) in [7, 11) is 0. The van der Waals surface area contributed by atoms with Crippen LogP contribution in [-0.4, -0.2) is 25.7 Å². The van der Waals surface area contributed by atoms with Crippen LogP contribution in [0.5, 0.6) is 0 Å². The molecule has 1 aromatic carbocycles. The van der Waals surface area contributed by atoms with Gasteiger partial charge in [-0.3, -0.25) is 4.79 Å². The van der Waals surface area contributed by atoms with Crippen LogP contribution in [0.25, 0.3) is 5.82 Å². The van der Waals surface area contributed by atoms with Crippen molar-refractivity contribution >= 4 is 11.7 Å². The molecule has 0 unspecified atom stereocenters. The minimum Gasteiger partial charge on any atom is -0.306 e. The van der Waals surface area contributed by atoms with Crippen molar-refractivity contribution in [1.82, 2.24) is 19.7 Å². The third kappa shape index (κ3) is 3.13. The highest BCUT2D eigenvalue weighted by Gasteiger charge is 2.10. The van der Waals surface area contributed by atoms with Gasteiger partial charge in [-0.1, -0.05) is 0 Å². The fourth-order valence-electron chi connectivity index (χ4n) is 2.28. The molecule has 0 aliphatic heterocycles. The van der Waals surface area contributed by atoms with Gasteiger partial charge in [-0.2, -0.15) is 10.4 Å². The Bertz CT molecular complexity index is 936. The predicted octanol–water partition coefficient (Wildman–Crippen LogP) is 2.40. The lowest BCUT2D eigenvalue weighted by molar-refractivity contribution is 0.102. The van der Waals surface area contributed by atoms with Gasteiger partial charge in [0.1, 0.15) is 12.1 Å². The molecule has 3 aromatic rings. The molecule has 24 heavy (non-hydrogen) atoms. The molecule has 0 spiro atoms. The molecule has 1 N–H and O–H groups in total. The third-order valence-electron chi connectivity index (χ3n) is 3.40. The molecule has 118 valence electrons. The van der Waals surface area contributed by atoms with E-state index in [0.29, 0.717) is 22.8 Å². The Labute approximate surface area is 138 Å². The molecule has 0 bridgehead atoms. The zero-order chi connectivity index (χ0) is 17.1. The van der Waals surface area contributed by atoms with Crippen molar-refractivity contribution in [3.8, 4) is 11.9 Å². The van der Waals surface area contributed by atoms with Gasteiger partial charge in [0.2, 0.25) is 0 Å². The first kappa shape index (κ1) is 15.4. The van der Waals surface area contributed by atoms with Gasteiger partial charge >= 0.3 is 0 Å². The number of aromatic nitrogens is 4. The second-order valence-electron chi connectivity index (χ2n) is 5.24. The van der Waals surface area contributed by atoms with Crippen molar-refractivity contribution in [3.63, 3.8) is 0 Å². The van der Waals surface area contributed by atoms with Crippen LogP contribution in [0.2, 0.25) is 0 Å². The Hall–Kier alpha value is -3.53. The average molecular weight is 318 g/mol. The van der Waals surface area contributed by atoms with Gasteiger partial charge in [0.25, 0.3) is 5.91 Å². The van der Waals surface area contributed by atoms with Gasteiger partial charge in [-0.05, 0) is 44.2 Å². The van der Waals surface area contributed by atoms with Gasteiger partial charge in [0.05, 0.1) is 17.3 Å². The summed E-state index contributed by atoms with van der Waals surface area (Å²) in [6.07, 6.45) is 1.38. The number of amides is 1. The van der Waals surface area contributed by atoms with Gasteiger partial charge in [-0.25, -0.2) is 14.6 Å². The molecule has 0 fully saturated rings. The molecule has 7 nitrogen and oxygen atoms in total. The Kier molecular flexibility index (Phi) is 4.03. The van der Waals surface area contributed by atoms with Gasteiger partial charge < -0.3 is 5.32 Å². The smallest absolute Gasteiger partial charge is 0.256 e. The summed E-state index contributed by atoms with van der Waals surface area (Å²) in [6.45, 7) is 3.83. The van der Waals surface area contributed by atoms with E-state index in [4.69, 9.17) is 5.26 Å². The Balaban J connectivity index is 1.83. The maximum Gasteiger partial charge on any atom is 0.256 e. The first-order valence-electron chi connectivity index (χ1n) is 7.24. The molecule has 0 atom stereocenters. The lowest BCUT2D eigenvalue weighted by Crippen LogP contribution is -2.14. The van der Waals surface area contributed by atoms with E-state index in [2.05, 4.69) is 20.4 Å². The van der Waals surface area contributed by atoms with Crippen molar-refractivity contribution in [2.24, 2.45) is 0 Å². The molecule has 7 heteroatoms. The van der Waals surface area contributed by atoms with Crippen LogP contribution in [0.1, 0.15) is 27.3 Å². The number of carbonyl (C=O) groups is 1. The quantitative estimate of drug-likeness (QED) is 0.800. The van der Waals surface area contributed by atoms with Crippen LogP contribution in [0.3, 0.4) is 0 Å². The van der Waals surface area contributed by atoms with E-state index in [1.807, 2.05) is 26.0 Å². The summed E-state index contributed by atoms with van der Waals surface area (Å²) >= 11 is 0. The zero-order valence-corrected chi connectivity index (χ0v) is 13.2. The molecule has 0 aliphatic rings. The number of hydrogen-bond donors (Lipinski definition) is 1. The topological polar surface area (TPSA) is 96.5 Å². The standard InChI is InChI=1S/C17H14N6O/c1-11-7-12(2)23(22-11)16-8-15(19-10-20-16)21-17(24)14-5-3-13(9-18)4-6-14/h3-8,10H,1-2H3,(H,19,20,21,24). The molecule has 2 aromatic heterocycles. The average Bonchev–Trinajstić information content (AvgIpc) is 2.93.